The maximum atomic E-state index is 11.7. The summed E-state index contributed by atoms with van der Waals surface area (Å²) in [6.07, 6.45) is 1.72. The molecule has 0 spiro atoms. The van der Waals surface area contributed by atoms with Gasteiger partial charge in [0.05, 0.1) is 18.1 Å². The first kappa shape index (κ1) is 15.3. The van der Waals surface area contributed by atoms with E-state index in [0.29, 0.717) is 18.1 Å². The second-order valence-corrected chi connectivity index (χ2v) is 9.26. The molecule has 2 aliphatic heterocycles. The first-order chi connectivity index (χ1) is 9.99. The van der Waals surface area contributed by atoms with Crippen molar-refractivity contribution in [2.45, 2.75) is 12.8 Å². The van der Waals surface area contributed by atoms with Gasteiger partial charge in [0.25, 0.3) is 0 Å². The highest BCUT2D eigenvalue weighted by atomic mass is 79.9. The van der Waals surface area contributed by atoms with E-state index < -0.39 is 9.84 Å². The summed E-state index contributed by atoms with van der Waals surface area (Å²) in [5.74, 6) is 1.86. The molecule has 1 unspecified atom stereocenters. The van der Waals surface area contributed by atoms with Crippen molar-refractivity contribution in [2.75, 3.05) is 31.2 Å². The average molecular weight is 374 g/mol. The minimum atomic E-state index is -2.81. The van der Waals surface area contributed by atoms with E-state index in [4.69, 9.17) is 4.74 Å². The molecule has 21 heavy (non-hydrogen) atoms. The molecule has 0 aliphatic carbocycles. The van der Waals surface area contributed by atoms with Gasteiger partial charge in [-0.05, 0) is 43.0 Å². The second-order valence-electron chi connectivity index (χ2n) is 6.12. The van der Waals surface area contributed by atoms with Crippen molar-refractivity contribution in [3.05, 3.63) is 28.7 Å². The Morgan fingerprint density at radius 1 is 1.29 bits per heavy atom. The number of benzene rings is 1. The van der Waals surface area contributed by atoms with Crippen LogP contribution in [0.2, 0.25) is 0 Å². The van der Waals surface area contributed by atoms with E-state index in [9.17, 15) is 8.42 Å². The van der Waals surface area contributed by atoms with Gasteiger partial charge in [-0.15, -0.1) is 0 Å². The van der Waals surface area contributed by atoms with Crippen molar-refractivity contribution in [3.63, 3.8) is 0 Å². The third-order valence-corrected chi connectivity index (χ3v) is 7.03. The van der Waals surface area contributed by atoms with Crippen molar-refractivity contribution in [2.24, 2.45) is 11.3 Å². The van der Waals surface area contributed by atoms with E-state index in [1.807, 2.05) is 24.3 Å². The van der Waals surface area contributed by atoms with Crippen LogP contribution in [0.25, 0.3) is 0 Å². The van der Waals surface area contributed by atoms with Crippen LogP contribution < -0.4 is 10.1 Å². The van der Waals surface area contributed by atoms with Gasteiger partial charge in [0, 0.05) is 23.0 Å². The van der Waals surface area contributed by atoms with Crippen LogP contribution in [-0.4, -0.2) is 39.6 Å². The summed E-state index contributed by atoms with van der Waals surface area (Å²) in [6.45, 7) is 2.47. The quantitative estimate of drug-likeness (QED) is 0.859. The largest absolute Gasteiger partial charge is 0.494 e. The maximum absolute atomic E-state index is 11.7. The molecule has 0 radical (unpaired) electrons. The second kappa shape index (κ2) is 5.89. The minimum Gasteiger partial charge on any atom is -0.494 e. The van der Waals surface area contributed by atoms with Gasteiger partial charge >= 0.3 is 0 Å². The van der Waals surface area contributed by atoms with E-state index in [1.54, 1.807) is 0 Å². The molecule has 116 valence electrons. The summed E-state index contributed by atoms with van der Waals surface area (Å²) in [7, 11) is -2.81. The zero-order chi connectivity index (χ0) is 14.9. The van der Waals surface area contributed by atoms with Gasteiger partial charge in [-0.3, -0.25) is 0 Å². The van der Waals surface area contributed by atoms with Crippen LogP contribution >= 0.6 is 15.9 Å². The first-order valence-electron chi connectivity index (χ1n) is 7.29. The van der Waals surface area contributed by atoms with Crippen LogP contribution in [0.1, 0.15) is 12.8 Å². The number of ether oxygens (including phenoxy) is 1. The fourth-order valence-corrected chi connectivity index (χ4v) is 5.50. The molecule has 1 N–H and O–H groups in total. The van der Waals surface area contributed by atoms with Crippen molar-refractivity contribution < 1.29 is 13.2 Å². The molecule has 6 heteroatoms. The maximum Gasteiger partial charge on any atom is 0.150 e. The summed E-state index contributed by atoms with van der Waals surface area (Å²) >= 11 is 3.40. The zero-order valence-electron chi connectivity index (χ0n) is 11.8. The molecule has 3 rings (SSSR count). The fraction of sp³-hybridized carbons (Fsp3) is 0.600. The lowest BCUT2D eigenvalue weighted by Gasteiger charge is -2.47. The van der Waals surface area contributed by atoms with E-state index in [1.165, 1.54) is 0 Å². The lowest BCUT2D eigenvalue weighted by Crippen LogP contribution is -2.58. The molecule has 2 saturated heterocycles. The van der Waals surface area contributed by atoms with Crippen LogP contribution in [0.5, 0.6) is 5.75 Å². The van der Waals surface area contributed by atoms with Crippen molar-refractivity contribution in [1.82, 2.24) is 5.32 Å². The highest BCUT2D eigenvalue weighted by Crippen LogP contribution is 2.42. The third kappa shape index (κ3) is 3.43. The normalized spacial score (nSPS) is 26.2. The molecular formula is C15H20BrNO3S. The number of halogens is 1. The molecular weight excluding hydrogens is 354 g/mol. The summed E-state index contributed by atoms with van der Waals surface area (Å²) < 4.78 is 30.2. The van der Waals surface area contributed by atoms with Gasteiger partial charge < -0.3 is 10.1 Å². The van der Waals surface area contributed by atoms with Crippen molar-refractivity contribution >= 4 is 25.8 Å². The Bertz CT molecular complexity index is 596. The topological polar surface area (TPSA) is 55.4 Å². The molecule has 2 aliphatic rings. The number of sulfone groups is 1. The van der Waals surface area contributed by atoms with Gasteiger partial charge in [0.1, 0.15) is 5.75 Å². The molecule has 2 fully saturated rings. The standard InChI is InChI=1S/C15H20BrNO3S/c16-13-1-3-14(4-2-13)20-7-6-15(10-17-11-15)12-5-8-21(18,19)9-12/h1-4,12,17H,5-11H2. The highest BCUT2D eigenvalue weighted by molar-refractivity contribution is 9.10. The summed E-state index contributed by atoms with van der Waals surface area (Å²) in [5, 5.41) is 3.31. The van der Waals surface area contributed by atoms with Crippen LogP contribution in [0.4, 0.5) is 0 Å². The Balaban J connectivity index is 1.56. The van der Waals surface area contributed by atoms with Crippen molar-refractivity contribution in [1.29, 1.82) is 0 Å². The molecule has 0 bridgehead atoms. The molecule has 4 nitrogen and oxygen atoms in total. The first-order valence-corrected chi connectivity index (χ1v) is 9.90. The van der Waals surface area contributed by atoms with E-state index >= 15 is 0 Å². The van der Waals surface area contributed by atoms with E-state index in [0.717, 1.165) is 36.2 Å². The molecule has 1 aromatic carbocycles. The smallest absolute Gasteiger partial charge is 0.150 e. The van der Waals surface area contributed by atoms with E-state index in [-0.39, 0.29) is 11.3 Å². The fourth-order valence-electron chi connectivity index (χ4n) is 3.30. The van der Waals surface area contributed by atoms with Gasteiger partial charge in [-0.25, -0.2) is 8.42 Å². The summed E-state index contributed by atoms with van der Waals surface area (Å²) in [5.41, 5.74) is 0.110. The third-order valence-electron chi connectivity index (χ3n) is 4.73. The number of hydrogen-bond acceptors (Lipinski definition) is 4. The Labute approximate surface area is 134 Å². The molecule has 0 amide bonds. The lowest BCUT2D eigenvalue weighted by atomic mass is 9.68. The average Bonchev–Trinajstić information content (AvgIpc) is 2.75. The van der Waals surface area contributed by atoms with Crippen LogP contribution in [0, 0.1) is 11.3 Å². The van der Waals surface area contributed by atoms with Gasteiger partial charge in [-0.1, -0.05) is 15.9 Å². The van der Waals surface area contributed by atoms with Crippen LogP contribution in [0.3, 0.4) is 0 Å². The predicted octanol–water partition coefficient (Wildman–Crippen LogP) is 2.24. The Morgan fingerprint density at radius 3 is 2.52 bits per heavy atom. The summed E-state index contributed by atoms with van der Waals surface area (Å²) in [6, 6.07) is 7.80. The molecule has 1 atom stereocenters. The van der Waals surface area contributed by atoms with Crippen molar-refractivity contribution in [3.8, 4) is 5.75 Å². The summed E-state index contributed by atoms with van der Waals surface area (Å²) in [4.78, 5) is 0. The molecule has 2 heterocycles. The number of hydrogen-bond donors (Lipinski definition) is 1. The number of nitrogens with one attached hydrogen (secondary N) is 1. The minimum absolute atomic E-state index is 0.110. The van der Waals surface area contributed by atoms with Gasteiger partial charge in [0.15, 0.2) is 9.84 Å². The SMILES string of the molecule is O=S1(=O)CCC(C2(CCOc3ccc(Br)cc3)CNC2)C1. The monoisotopic (exact) mass is 373 g/mol. The van der Waals surface area contributed by atoms with E-state index in [2.05, 4.69) is 21.2 Å². The Hall–Kier alpha value is -0.590. The lowest BCUT2D eigenvalue weighted by molar-refractivity contribution is 0.0615. The van der Waals surface area contributed by atoms with Crippen LogP contribution in [-0.2, 0) is 9.84 Å². The molecule has 0 saturated carbocycles. The van der Waals surface area contributed by atoms with Gasteiger partial charge in [-0.2, -0.15) is 0 Å². The van der Waals surface area contributed by atoms with Gasteiger partial charge in [0.2, 0.25) is 0 Å². The Kier molecular flexibility index (Phi) is 4.30. The molecule has 0 aromatic heterocycles. The predicted molar refractivity (Wildman–Crippen MR) is 86.3 cm³/mol. The Morgan fingerprint density at radius 2 is 2.00 bits per heavy atom. The molecule has 1 aromatic rings. The number of rotatable bonds is 5. The zero-order valence-corrected chi connectivity index (χ0v) is 14.2. The highest BCUT2D eigenvalue weighted by Gasteiger charge is 2.48. The van der Waals surface area contributed by atoms with Crippen LogP contribution in [0.15, 0.2) is 28.7 Å².